The molecule has 0 aliphatic heterocycles. The van der Waals surface area contributed by atoms with Gasteiger partial charge in [0.2, 0.25) is 10.1 Å². The van der Waals surface area contributed by atoms with Crippen molar-refractivity contribution >= 4 is 27.1 Å². The fourth-order valence-corrected chi connectivity index (χ4v) is 2.97. The van der Waals surface area contributed by atoms with Crippen LogP contribution in [-0.4, -0.2) is 19.6 Å². The quantitative estimate of drug-likeness (QED) is 0.623. The number of anilines is 2. The highest BCUT2D eigenvalue weighted by atomic mass is 32.1. The summed E-state index contributed by atoms with van der Waals surface area (Å²) in [5, 5.41) is 8.64. The summed E-state index contributed by atoms with van der Waals surface area (Å²) in [4.78, 5) is 9.57. The number of fused-ring (bicyclic) bond motifs is 1. The Hall–Kier alpha value is -2.73. The molecular formula is C16H13N5S. The summed E-state index contributed by atoms with van der Waals surface area (Å²) in [5.74, 6) is 0. The lowest BCUT2D eigenvalue weighted by atomic mass is 10.2. The maximum absolute atomic E-state index is 4.60. The van der Waals surface area contributed by atoms with Crippen LogP contribution in [0.2, 0.25) is 0 Å². The van der Waals surface area contributed by atoms with Crippen LogP contribution >= 0.6 is 11.3 Å². The molecule has 0 radical (unpaired) electrons. The van der Waals surface area contributed by atoms with Crippen molar-refractivity contribution in [3.05, 3.63) is 60.6 Å². The Morgan fingerprint density at radius 2 is 2.00 bits per heavy atom. The van der Waals surface area contributed by atoms with Crippen LogP contribution in [-0.2, 0) is 0 Å². The lowest BCUT2D eigenvalue weighted by Gasteiger charge is -2.01. The number of hydrogen-bond acceptors (Lipinski definition) is 5. The van der Waals surface area contributed by atoms with Gasteiger partial charge in [-0.05, 0) is 31.2 Å². The minimum Gasteiger partial charge on any atom is -0.330 e. The fourth-order valence-electron chi connectivity index (χ4n) is 2.16. The first-order valence-electron chi connectivity index (χ1n) is 6.88. The van der Waals surface area contributed by atoms with E-state index < -0.39 is 0 Å². The van der Waals surface area contributed by atoms with Crippen molar-refractivity contribution in [1.82, 2.24) is 19.6 Å². The van der Waals surface area contributed by atoms with Crippen molar-refractivity contribution in [3.63, 3.8) is 0 Å². The smallest absolute Gasteiger partial charge is 0.214 e. The number of rotatable bonds is 3. The van der Waals surface area contributed by atoms with Gasteiger partial charge in [-0.15, -0.1) is 5.10 Å². The molecule has 0 amide bonds. The second-order valence-electron chi connectivity index (χ2n) is 4.99. The zero-order chi connectivity index (χ0) is 14.9. The SMILES string of the molecule is Cc1ccc(Nc2nn3cc(-c4cccnc4)nc3s2)cc1. The minimum absolute atomic E-state index is 0.823. The molecule has 0 spiro atoms. The molecule has 6 heteroatoms. The molecule has 4 aromatic rings. The Bertz CT molecular complexity index is 877. The minimum atomic E-state index is 0.823. The van der Waals surface area contributed by atoms with Crippen LogP contribution in [0.4, 0.5) is 10.8 Å². The van der Waals surface area contributed by atoms with Crippen molar-refractivity contribution in [1.29, 1.82) is 0 Å². The molecule has 0 fully saturated rings. The summed E-state index contributed by atoms with van der Waals surface area (Å²) in [6.07, 6.45) is 5.48. The van der Waals surface area contributed by atoms with Crippen molar-refractivity contribution in [2.24, 2.45) is 0 Å². The van der Waals surface area contributed by atoms with Crippen LogP contribution in [0.3, 0.4) is 0 Å². The van der Waals surface area contributed by atoms with Gasteiger partial charge in [0.25, 0.3) is 0 Å². The molecule has 0 aliphatic rings. The normalized spacial score (nSPS) is 11.0. The van der Waals surface area contributed by atoms with Gasteiger partial charge < -0.3 is 5.32 Å². The fraction of sp³-hybridized carbons (Fsp3) is 0.0625. The molecule has 3 aromatic heterocycles. The van der Waals surface area contributed by atoms with E-state index in [9.17, 15) is 0 Å². The van der Waals surface area contributed by atoms with E-state index in [0.29, 0.717) is 0 Å². The van der Waals surface area contributed by atoms with Crippen LogP contribution in [0.15, 0.2) is 55.0 Å². The number of nitrogens with zero attached hydrogens (tertiary/aromatic N) is 4. The highest BCUT2D eigenvalue weighted by molar-refractivity contribution is 7.20. The zero-order valence-electron chi connectivity index (χ0n) is 11.9. The van der Waals surface area contributed by atoms with E-state index in [-0.39, 0.29) is 0 Å². The molecule has 0 atom stereocenters. The first kappa shape index (κ1) is 13.0. The largest absolute Gasteiger partial charge is 0.330 e. The predicted molar refractivity (Wildman–Crippen MR) is 88.6 cm³/mol. The van der Waals surface area contributed by atoms with Crippen LogP contribution in [0, 0.1) is 6.92 Å². The number of nitrogens with one attached hydrogen (secondary N) is 1. The van der Waals surface area contributed by atoms with Crippen LogP contribution < -0.4 is 5.32 Å². The first-order chi connectivity index (χ1) is 10.8. The lowest BCUT2D eigenvalue weighted by Crippen LogP contribution is -1.90. The predicted octanol–water partition coefficient (Wildman–Crippen LogP) is 3.90. The maximum Gasteiger partial charge on any atom is 0.214 e. The summed E-state index contributed by atoms with van der Waals surface area (Å²) in [6, 6.07) is 12.1. The molecule has 0 saturated carbocycles. The average molecular weight is 307 g/mol. The van der Waals surface area contributed by atoms with Crippen molar-refractivity contribution in [2.75, 3.05) is 5.32 Å². The molecule has 1 N–H and O–H groups in total. The lowest BCUT2D eigenvalue weighted by molar-refractivity contribution is 0.978. The van der Waals surface area contributed by atoms with Crippen LogP contribution in [0.1, 0.15) is 5.56 Å². The van der Waals surface area contributed by atoms with Gasteiger partial charge >= 0.3 is 0 Å². The monoisotopic (exact) mass is 307 g/mol. The van der Waals surface area contributed by atoms with Crippen molar-refractivity contribution < 1.29 is 0 Å². The third kappa shape index (κ3) is 2.44. The topological polar surface area (TPSA) is 55.1 Å². The molecule has 0 aliphatic carbocycles. The Balaban J connectivity index is 1.62. The molecular weight excluding hydrogens is 294 g/mol. The average Bonchev–Trinajstić information content (AvgIpc) is 3.09. The zero-order valence-corrected chi connectivity index (χ0v) is 12.7. The first-order valence-corrected chi connectivity index (χ1v) is 7.70. The number of aryl methyl sites for hydroxylation is 1. The Kier molecular flexibility index (Phi) is 3.08. The van der Waals surface area contributed by atoms with Gasteiger partial charge in [-0.3, -0.25) is 4.98 Å². The van der Waals surface area contributed by atoms with E-state index in [1.165, 1.54) is 16.9 Å². The molecule has 5 nitrogen and oxygen atoms in total. The standard InChI is InChI=1S/C16H13N5S/c1-11-4-6-13(7-5-11)18-15-20-21-10-14(19-16(21)22-15)12-3-2-8-17-9-12/h2-10H,1H3,(H,18,20). The summed E-state index contributed by atoms with van der Waals surface area (Å²) in [6.45, 7) is 2.07. The molecule has 22 heavy (non-hydrogen) atoms. The highest BCUT2D eigenvalue weighted by Gasteiger charge is 2.09. The Labute approximate surface area is 131 Å². The van der Waals surface area contributed by atoms with Crippen LogP contribution in [0.25, 0.3) is 16.2 Å². The third-order valence-electron chi connectivity index (χ3n) is 3.30. The van der Waals surface area contributed by atoms with Crippen LogP contribution in [0.5, 0.6) is 0 Å². The molecule has 108 valence electrons. The molecule has 0 bridgehead atoms. The maximum atomic E-state index is 4.60. The number of hydrogen-bond donors (Lipinski definition) is 1. The number of benzene rings is 1. The highest BCUT2D eigenvalue weighted by Crippen LogP contribution is 2.26. The number of aromatic nitrogens is 4. The van der Waals surface area contributed by atoms with E-state index in [0.717, 1.165) is 27.0 Å². The van der Waals surface area contributed by atoms with E-state index >= 15 is 0 Å². The molecule has 0 unspecified atom stereocenters. The summed E-state index contributed by atoms with van der Waals surface area (Å²) in [7, 11) is 0. The second-order valence-corrected chi connectivity index (χ2v) is 5.95. The number of pyridine rings is 1. The van der Waals surface area contributed by atoms with Gasteiger partial charge in [-0.25, -0.2) is 9.50 Å². The molecule has 3 heterocycles. The van der Waals surface area contributed by atoms with Gasteiger partial charge in [-0.2, -0.15) is 0 Å². The Morgan fingerprint density at radius 3 is 2.73 bits per heavy atom. The van der Waals surface area contributed by atoms with Gasteiger partial charge in [0.1, 0.15) is 0 Å². The summed E-state index contributed by atoms with van der Waals surface area (Å²) >= 11 is 1.52. The van der Waals surface area contributed by atoms with E-state index in [1.54, 1.807) is 16.9 Å². The molecule has 0 saturated heterocycles. The molecule has 4 rings (SSSR count). The van der Waals surface area contributed by atoms with Gasteiger partial charge in [0, 0.05) is 23.6 Å². The molecule has 1 aromatic carbocycles. The van der Waals surface area contributed by atoms with E-state index in [1.807, 2.05) is 30.5 Å². The van der Waals surface area contributed by atoms with Gasteiger partial charge in [0.05, 0.1) is 11.9 Å². The van der Waals surface area contributed by atoms with Gasteiger partial charge in [0.15, 0.2) is 0 Å². The van der Waals surface area contributed by atoms with Crippen molar-refractivity contribution in [2.45, 2.75) is 6.92 Å². The Morgan fingerprint density at radius 1 is 1.14 bits per heavy atom. The second kappa shape index (κ2) is 5.23. The third-order valence-corrected chi connectivity index (χ3v) is 4.14. The summed E-state index contributed by atoms with van der Waals surface area (Å²) < 4.78 is 1.80. The van der Waals surface area contributed by atoms with E-state index in [4.69, 9.17) is 0 Å². The number of imidazole rings is 1. The van der Waals surface area contributed by atoms with Crippen molar-refractivity contribution in [3.8, 4) is 11.3 Å². The van der Waals surface area contributed by atoms with Gasteiger partial charge in [-0.1, -0.05) is 29.0 Å². The van der Waals surface area contributed by atoms with E-state index in [2.05, 4.69) is 39.4 Å². The summed E-state index contributed by atoms with van der Waals surface area (Å²) in [5.41, 5.74) is 4.14.